The highest BCUT2D eigenvalue weighted by Crippen LogP contribution is 2.44. The number of hydrogen-bond acceptors (Lipinski definition) is 3. The van der Waals surface area contributed by atoms with Crippen LogP contribution in [0.25, 0.3) is 109 Å². The molecule has 5 aromatic heterocycles. The monoisotopic (exact) mass is 744 g/mol. The number of nitrogens with zero attached hydrogens (tertiary/aromatic N) is 4. The van der Waals surface area contributed by atoms with Crippen LogP contribution in [0.15, 0.2) is 194 Å². The van der Waals surface area contributed by atoms with Gasteiger partial charge >= 0.3 is 0 Å². The summed E-state index contributed by atoms with van der Waals surface area (Å²) in [7, 11) is 0. The summed E-state index contributed by atoms with van der Waals surface area (Å²) in [5.41, 5.74) is 13.4. The van der Waals surface area contributed by atoms with E-state index < -0.39 is 0 Å². The van der Waals surface area contributed by atoms with Gasteiger partial charge in [-0.2, -0.15) is 0 Å². The second-order valence-electron chi connectivity index (χ2n) is 14.7. The van der Waals surface area contributed by atoms with E-state index in [-0.39, 0.29) is 0 Å². The fourth-order valence-corrected chi connectivity index (χ4v) is 9.92. The molecule has 0 fully saturated rings. The summed E-state index contributed by atoms with van der Waals surface area (Å²) in [5.74, 6) is 0. The number of pyridine rings is 2. The minimum Gasteiger partial charge on any atom is -0.309 e. The predicted molar refractivity (Wildman–Crippen MR) is 240 cm³/mol. The number of fused-ring (bicyclic) bond motifs is 9. The first-order valence-electron chi connectivity index (χ1n) is 19.2. The lowest BCUT2D eigenvalue weighted by Gasteiger charge is -2.14. The van der Waals surface area contributed by atoms with E-state index in [0.29, 0.717) is 0 Å². The average Bonchev–Trinajstić information content (AvgIpc) is 3.92. The first kappa shape index (κ1) is 32.0. The van der Waals surface area contributed by atoms with Crippen LogP contribution in [0.5, 0.6) is 0 Å². The maximum atomic E-state index is 4.87. The number of rotatable bonds is 5. The molecule has 0 N–H and O–H groups in total. The van der Waals surface area contributed by atoms with Gasteiger partial charge in [-0.05, 0) is 101 Å². The SMILES string of the molecule is c1ccc(-c2cc(-c3ccccc3)cc(-n3c4ccccc4c4cc5c(cc43)sc3cc4c6ccccc6n(-c6ccc(-c7ccccn7)nc6)c4cc35)c2)cc1. The van der Waals surface area contributed by atoms with Crippen molar-refractivity contribution in [3.63, 3.8) is 0 Å². The molecular weight excluding hydrogens is 713 g/mol. The topological polar surface area (TPSA) is 35.6 Å². The van der Waals surface area contributed by atoms with Gasteiger partial charge in [-0.25, -0.2) is 0 Å². The van der Waals surface area contributed by atoms with Gasteiger partial charge in [-0.1, -0.05) is 103 Å². The molecule has 0 amide bonds. The molecule has 0 aliphatic carbocycles. The summed E-state index contributed by atoms with van der Waals surface area (Å²) >= 11 is 1.88. The van der Waals surface area contributed by atoms with Crippen LogP contribution in [0.1, 0.15) is 0 Å². The number of benzene rings is 7. The van der Waals surface area contributed by atoms with Crippen LogP contribution in [0.4, 0.5) is 0 Å². The molecule has 0 aliphatic rings. The van der Waals surface area contributed by atoms with Crippen LogP contribution in [0.3, 0.4) is 0 Å². The molecule has 5 heterocycles. The van der Waals surface area contributed by atoms with Crippen molar-refractivity contribution < 1.29 is 0 Å². The van der Waals surface area contributed by atoms with Gasteiger partial charge in [0.25, 0.3) is 0 Å². The number of para-hydroxylation sites is 2. The van der Waals surface area contributed by atoms with E-state index in [1.165, 1.54) is 86.0 Å². The Kier molecular flexibility index (Phi) is 7.06. The van der Waals surface area contributed by atoms with Crippen LogP contribution in [0, 0.1) is 0 Å². The fraction of sp³-hybridized carbons (Fsp3) is 0. The van der Waals surface area contributed by atoms with Crippen molar-refractivity contribution in [2.75, 3.05) is 0 Å². The smallest absolute Gasteiger partial charge is 0.0887 e. The third kappa shape index (κ3) is 5.06. The maximum absolute atomic E-state index is 4.87. The number of hydrogen-bond donors (Lipinski definition) is 0. The Bertz CT molecular complexity index is 3430. The molecule has 0 radical (unpaired) electrons. The van der Waals surface area contributed by atoms with Crippen LogP contribution in [-0.4, -0.2) is 19.1 Å². The van der Waals surface area contributed by atoms with Crippen LogP contribution < -0.4 is 0 Å². The van der Waals surface area contributed by atoms with Crippen molar-refractivity contribution in [3.05, 3.63) is 194 Å². The fourth-order valence-electron chi connectivity index (χ4n) is 8.77. The van der Waals surface area contributed by atoms with Gasteiger partial charge in [0.1, 0.15) is 0 Å². The lowest BCUT2D eigenvalue weighted by Crippen LogP contribution is -1.96. The van der Waals surface area contributed by atoms with Crippen molar-refractivity contribution in [1.29, 1.82) is 0 Å². The van der Waals surface area contributed by atoms with E-state index >= 15 is 0 Å². The number of thiophene rings is 1. The molecule has 0 saturated carbocycles. The molecule has 266 valence electrons. The third-order valence-electron chi connectivity index (χ3n) is 11.4. The van der Waals surface area contributed by atoms with Gasteiger partial charge in [0, 0.05) is 53.6 Å². The van der Waals surface area contributed by atoms with Gasteiger partial charge in [-0.15, -0.1) is 11.3 Å². The highest BCUT2D eigenvalue weighted by molar-refractivity contribution is 7.26. The van der Waals surface area contributed by atoms with E-state index in [2.05, 4.69) is 178 Å². The van der Waals surface area contributed by atoms with E-state index in [9.17, 15) is 0 Å². The zero-order chi connectivity index (χ0) is 37.5. The molecule has 0 atom stereocenters. The normalized spacial score (nSPS) is 11.9. The van der Waals surface area contributed by atoms with Gasteiger partial charge in [0.2, 0.25) is 0 Å². The summed E-state index contributed by atoms with van der Waals surface area (Å²) in [6.07, 6.45) is 3.78. The predicted octanol–water partition coefficient (Wildman–Crippen LogP) is 14.0. The molecule has 0 bridgehead atoms. The summed E-state index contributed by atoms with van der Waals surface area (Å²) in [5, 5.41) is 7.50. The second-order valence-corrected chi connectivity index (χ2v) is 15.7. The van der Waals surface area contributed by atoms with Gasteiger partial charge in [0.05, 0.1) is 45.3 Å². The minimum atomic E-state index is 0.859. The second kappa shape index (κ2) is 12.6. The Morgan fingerprint density at radius 2 is 0.895 bits per heavy atom. The van der Waals surface area contributed by atoms with Crippen molar-refractivity contribution >= 4 is 75.1 Å². The lowest BCUT2D eigenvalue weighted by atomic mass is 9.98. The average molecular weight is 745 g/mol. The highest BCUT2D eigenvalue weighted by Gasteiger charge is 2.20. The van der Waals surface area contributed by atoms with Crippen LogP contribution >= 0.6 is 11.3 Å². The van der Waals surface area contributed by atoms with Crippen molar-refractivity contribution in [2.24, 2.45) is 0 Å². The van der Waals surface area contributed by atoms with Gasteiger partial charge in [-0.3, -0.25) is 9.97 Å². The molecule has 12 aromatic rings. The molecule has 0 unspecified atom stereocenters. The van der Waals surface area contributed by atoms with Crippen molar-refractivity contribution in [2.45, 2.75) is 0 Å². The van der Waals surface area contributed by atoms with E-state index in [1.54, 1.807) is 0 Å². The molecule has 4 nitrogen and oxygen atoms in total. The van der Waals surface area contributed by atoms with Crippen molar-refractivity contribution in [1.82, 2.24) is 19.1 Å². The Labute approximate surface area is 332 Å². The minimum absolute atomic E-state index is 0.859. The number of aromatic nitrogens is 4. The largest absolute Gasteiger partial charge is 0.309 e. The maximum Gasteiger partial charge on any atom is 0.0887 e. The van der Waals surface area contributed by atoms with Crippen LogP contribution in [0.2, 0.25) is 0 Å². The Morgan fingerprint density at radius 1 is 0.333 bits per heavy atom. The first-order chi connectivity index (χ1) is 28.2. The standard InChI is InChI=1S/C52H32N4S/c1-3-13-33(14-4-1)35-25-36(34-15-5-2-6-16-34)27-38(26-35)56-48-21-10-7-17-39(48)41-28-43-44-29-49-42(30-51(44)57-52(43)31-50(41)56)40-18-8-9-20-47(40)55(49)37-22-23-46(54-32-37)45-19-11-12-24-53-45/h1-32H. The summed E-state index contributed by atoms with van der Waals surface area (Å²) in [6, 6.07) is 65.8. The summed E-state index contributed by atoms with van der Waals surface area (Å²) < 4.78 is 7.38. The lowest BCUT2D eigenvalue weighted by molar-refractivity contribution is 1.14. The molecular formula is C52H32N4S. The Morgan fingerprint density at radius 3 is 1.54 bits per heavy atom. The highest BCUT2D eigenvalue weighted by atomic mass is 32.1. The molecule has 57 heavy (non-hydrogen) atoms. The van der Waals surface area contributed by atoms with Gasteiger partial charge in [0.15, 0.2) is 0 Å². The van der Waals surface area contributed by atoms with E-state index in [1.807, 2.05) is 41.9 Å². The molecule has 0 aliphatic heterocycles. The van der Waals surface area contributed by atoms with Gasteiger partial charge < -0.3 is 9.13 Å². The van der Waals surface area contributed by atoms with Crippen molar-refractivity contribution in [3.8, 4) is 45.0 Å². The third-order valence-corrected chi connectivity index (χ3v) is 12.5. The summed E-state index contributed by atoms with van der Waals surface area (Å²) in [4.78, 5) is 9.39. The summed E-state index contributed by atoms with van der Waals surface area (Å²) in [6.45, 7) is 0. The van der Waals surface area contributed by atoms with E-state index in [4.69, 9.17) is 4.98 Å². The zero-order valence-electron chi connectivity index (χ0n) is 30.7. The zero-order valence-corrected chi connectivity index (χ0v) is 31.5. The molecule has 5 heteroatoms. The first-order valence-corrected chi connectivity index (χ1v) is 20.0. The Balaban J connectivity index is 1.09. The molecule has 12 rings (SSSR count). The molecule has 7 aromatic carbocycles. The molecule has 0 spiro atoms. The molecule has 0 saturated heterocycles. The Hall–Kier alpha value is -7.34. The van der Waals surface area contributed by atoms with E-state index in [0.717, 1.165) is 22.8 Å². The van der Waals surface area contributed by atoms with Crippen LogP contribution in [-0.2, 0) is 0 Å². The quantitative estimate of drug-likeness (QED) is 0.176.